The SMILES string of the molecule is CCOc1cc(C(=O)OC[C@H](CC(C)C)N(C)C)ccc1N. The number of hydrogen-bond acceptors (Lipinski definition) is 5. The Morgan fingerprint density at radius 3 is 2.55 bits per heavy atom. The Bertz CT molecular complexity index is 487. The van der Waals surface area contributed by atoms with Gasteiger partial charge in [-0.3, -0.25) is 0 Å². The Morgan fingerprint density at radius 2 is 2.00 bits per heavy atom. The molecule has 1 atom stereocenters. The number of carbonyl (C=O) groups is 1. The van der Waals surface area contributed by atoms with Crippen molar-refractivity contribution in [3.8, 4) is 5.75 Å². The van der Waals surface area contributed by atoms with E-state index in [0.717, 1.165) is 6.42 Å². The maximum Gasteiger partial charge on any atom is 0.338 e. The highest BCUT2D eigenvalue weighted by Gasteiger charge is 2.17. The van der Waals surface area contributed by atoms with Crippen molar-refractivity contribution < 1.29 is 14.3 Å². The van der Waals surface area contributed by atoms with E-state index >= 15 is 0 Å². The zero-order valence-corrected chi connectivity index (χ0v) is 14.3. The molecule has 0 aliphatic carbocycles. The van der Waals surface area contributed by atoms with Gasteiger partial charge in [0.25, 0.3) is 0 Å². The van der Waals surface area contributed by atoms with Gasteiger partial charge in [0.2, 0.25) is 0 Å². The molecule has 1 aromatic carbocycles. The Hall–Kier alpha value is -1.75. The number of nitrogen functional groups attached to an aromatic ring is 1. The maximum absolute atomic E-state index is 12.2. The second-order valence-corrected chi connectivity index (χ2v) is 6.03. The van der Waals surface area contributed by atoms with E-state index < -0.39 is 0 Å². The van der Waals surface area contributed by atoms with E-state index in [1.54, 1.807) is 18.2 Å². The summed E-state index contributed by atoms with van der Waals surface area (Å²) in [5.41, 5.74) is 6.78. The lowest BCUT2D eigenvalue weighted by molar-refractivity contribution is 0.0379. The molecule has 124 valence electrons. The fraction of sp³-hybridized carbons (Fsp3) is 0.588. The number of nitrogens with two attached hydrogens (primary N) is 1. The molecule has 1 aromatic rings. The van der Waals surface area contributed by atoms with Crippen LogP contribution in [0.15, 0.2) is 18.2 Å². The maximum atomic E-state index is 12.2. The van der Waals surface area contributed by atoms with Crippen LogP contribution < -0.4 is 10.5 Å². The van der Waals surface area contributed by atoms with Crippen molar-refractivity contribution >= 4 is 11.7 Å². The molecule has 0 aliphatic rings. The molecule has 0 spiro atoms. The molecule has 0 saturated carbocycles. The highest BCUT2D eigenvalue weighted by molar-refractivity contribution is 5.90. The fourth-order valence-corrected chi connectivity index (χ4v) is 2.17. The summed E-state index contributed by atoms with van der Waals surface area (Å²) in [6.07, 6.45) is 0.978. The average Bonchev–Trinajstić information content (AvgIpc) is 2.45. The molecule has 22 heavy (non-hydrogen) atoms. The van der Waals surface area contributed by atoms with Gasteiger partial charge in [-0.15, -0.1) is 0 Å². The van der Waals surface area contributed by atoms with Gasteiger partial charge in [0.15, 0.2) is 0 Å². The topological polar surface area (TPSA) is 64.8 Å². The number of hydrogen-bond donors (Lipinski definition) is 1. The summed E-state index contributed by atoms with van der Waals surface area (Å²) in [6, 6.07) is 5.17. The van der Waals surface area contributed by atoms with Gasteiger partial charge in [0, 0.05) is 6.04 Å². The Balaban J connectivity index is 2.70. The molecular weight excluding hydrogens is 280 g/mol. The van der Waals surface area contributed by atoms with Crippen molar-refractivity contribution in [2.24, 2.45) is 5.92 Å². The van der Waals surface area contributed by atoms with E-state index in [0.29, 0.717) is 36.1 Å². The normalized spacial score (nSPS) is 12.5. The van der Waals surface area contributed by atoms with Crippen molar-refractivity contribution in [3.05, 3.63) is 23.8 Å². The van der Waals surface area contributed by atoms with Crippen LogP contribution in [0.4, 0.5) is 5.69 Å². The highest BCUT2D eigenvalue weighted by Crippen LogP contribution is 2.23. The summed E-state index contributed by atoms with van der Waals surface area (Å²) >= 11 is 0. The molecule has 5 heteroatoms. The smallest absolute Gasteiger partial charge is 0.338 e. The number of likely N-dealkylation sites (N-methyl/N-ethyl adjacent to an activating group) is 1. The minimum absolute atomic E-state index is 0.212. The van der Waals surface area contributed by atoms with Crippen molar-refractivity contribution in [2.75, 3.05) is 33.0 Å². The molecule has 0 heterocycles. The van der Waals surface area contributed by atoms with Gasteiger partial charge < -0.3 is 20.1 Å². The molecule has 0 radical (unpaired) electrons. The first kappa shape index (κ1) is 18.3. The second-order valence-electron chi connectivity index (χ2n) is 6.03. The van der Waals surface area contributed by atoms with Crippen LogP contribution in [0.25, 0.3) is 0 Å². The van der Waals surface area contributed by atoms with Gasteiger partial charge in [0.1, 0.15) is 12.4 Å². The van der Waals surface area contributed by atoms with Crippen LogP contribution in [0.3, 0.4) is 0 Å². The van der Waals surface area contributed by atoms with Gasteiger partial charge in [-0.25, -0.2) is 4.79 Å². The summed E-state index contributed by atoms with van der Waals surface area (Å²) in [5, 5.41) is 0. The van der Waals surface area contributed by atoms with E-state index in [1.807, 2.05) is 21.0 Å². The summed E-state index contributed by atoms with van der Waals surface area (Å²) in [6.45, 7) is 7.06. The number of rotatable bonds is 8. The third-order valence-corrected chi connectivity index (χ3v) is 3.43. The summed E-state index contributed by atoms with van der Waals surface area (Å²) in [7, 11) is 3.99. The van der Waals surface area contributed by atoms with Gasteiger partial charge in [-0.05, 0) is 51.6 Å². The van der Waals surface area contributed by atoms with E-state index in [9.17, 15) is 4.79 Å². The Morgan fingerprint density at radius 1 is 1.32 bits per heavy atom. The van der Waals surface area contributed by atoms with E-state index in [1.165, 1.54) is 0 Å². The molecule has 0 aromatic heterocycles. The first-order valence-corrected chi connectivity index (χ1v) is 7.71. The molecule has 0 amide bonds. The molecule has 0 fully saturated rings. The second kappa shape index (κ2) is 8.63. The van der Waals surface area contributed by atoms with Crippen LogP contribution in [-0.2, 0) is 4.74 Å². The zero-order chi connectivity index (χ0) is 16.7. The molecule has 0 aliphatic heterocycles. The highest BCUT2D eigenvalue weighted by atomic mass is 16.5. The van der Waals surface area contributed by atoms with Gasteiger partial charge in [-0.1, -0.05) is 13.8 Å². The Labute approximate surface area is 133 Å². The predicted octanol–water partition coefficient (Wildman–Crippen LogP) is 2.80. The van der Waals surface area contributed by atoms with Crippen molar-refractivity contribution in [3.63, 3.8) is 0 Å². The van der Waals surface area contributed by atoms with Gasteiger partial charge in [-0.2, -0.15) is 0 Å². The van der Waals surface area contributed by atoms with Gasteiger partial charge in [0.05, 0.1) is 17.9 Å². The number of esters is 1. The number of nitrogens with zero attached hydrogens (tertiary/aromatic N) is 1. The lowest BCUT2D eigenvalue weighted by atomic mass is 10.0. The minimum atomic E-state index is -0.350. The van der Waals surface area contributed by atoms with Crippen LogP contribution >= 0.6 is 0 Å². The lowest BCUT2D eigenvalue weighted by Crippen LogP contribution is -2.34. The third-order valence-electron chi connectivity index (χ3n) is 3.43. The largest absolute Gasteiger partial charge is 0.492 e. The molecule has 1 rings (SSSR count). The predicted molar refractivity (Wildman–Crippen MR) is 89.2 cm³/mol. The number of carbonyl (C=O) groups excluding carboxylic acids is 1. The third kappa shape index (κ3) is 5.56. The zero-order valence-electron chi connectivity index (χ0n) is 14.3. The number of ether oxygens (including phenoxy) is 2. The van der Waals surface area contributed by atoms with Crippen LogP contribution in [0.1, 0.15) is 37.6 Å². The first-order chi connectivity index (χ1) is 10.3. The molecule has 2 N–H and O–H groups in total. The number of benzene rings is 1. The van der Waals surface area contributed by atoms with Crippen molar-refractivity contribution in [2.45, 2.75) is 33.2 Å². The molecule has 0 saturated heterocycles. The monoisotopic (exact) mass is 308 g/mol. The van der Waals surface area contributed by atoms with Crippen LogP contribution in [0.2, 0.25) is 0 Å². The molecular formula is C17H28N2O3. The minimum Gasteiger partial charge on any atom is -0.492 e. The summed E-state index contributed by atoms with van der Waals surface area (Å²) in [4.78, 5) is 14.3. The number of anilines is 1. The summed E-state index contributed by atoms with van der Waals surface area (Å²) < 4.78 is 10.9. The first-order valence-electron chi connectivity index (χ1n) is 7.71. The van der Waals surface area contributed by atoms with Crippen LogP contribution in [0, 0.1) is 5.92 Å². The molecule has 0 unspecified atom stereocenters. The molecule has 5 nitrogen and oxygen atoms in total. The molecule has 0 bridgehead atoms. The van der Waals surface area contributed by atoms with Crippen molar-refractivity contribution in [1.29, 1.82) is 0 Å². The fourth-order valence-electron chi connectivity index (χ4n) is 2.17. The van der Waals surface area contributed by atoms with E-state index in [4.69, 9.17) is 15.2 Å². The van der Waals surface area contributed by atoms with Crippen LogP contribution in [0.5, 0.6) is 5.75 Å². The van der Waals surface area contributed by atoms with Crippen LogP contribution in [-0.4, -0.2) is 44.2 Å². The Kier molecular flexibility index (Phi) is 7.18. The van der Waals surface area contributed by atoms with E-state index in [-0.39, 0.29) is 12.0 Å². The van der Waals surface area contributed by atoms with E-state index in [2.05, 4.69) is 18.7 Å². The lowest BCUT2D eigenvalue weighted by Gasteiger charge is -2.25. The van der Waals surface area contributed by atoms with Gasteiger partial charge >= 0.3 is 5.97 Å². The van der Waals surface area contributed by atoms with Crippen molar-refractivity contribution in [1.82, 2.24) is 4.90 Å². The quantitative estimate of drug-likeness (QED) is 0.591. The average molecular weight is 308 g/mol. The standard InChI is InChI=1S/C17H28N2O3/c1-6-21-16-10-13(7-8-15(16)18)17(20)22-11-14(19(4)5)9-12(2)3/h7-8,10,12,14H,6,9,11,18H2,1-5H3/t14-/m0/s1. The summed E-state index contributed by atoms with van der Waals surface area (Å²) in [5.74, 6) is 0.715.